The highest BCUT2D eigenvalue weighted by Crippen LogP contribution is 2.30. The van der Waals surface area contributed by atoms with Gasteiger partial charge in [-0.15, -0.1) is 0 Å². The van der Waals surface area contributed by atoms with Crippen molar-refractivity contribution in [2.75, 3.05) is 26.2 Å². The van der Waals surface area contributed by atoms with E-state index in [1.165, 1.54) is 12.8 Å². The molecule has 2 heterocycles. The Bertz CT molecular complexity index is 188. The molecule has 0 saturated carbocycles. The maximum atomic E-state index is 9.81. The molecule has 0 atom stereocenters. The Morgan fingerprint density at radius 2 is 1.79 bits per heavy atom. The number of hydrogen-bond donors (Lipinski definition) is 2. The fraction of sp³-hybridized carbons (Fsp3) is 1.00. The summed E-state index contributed by atoms with van der Waals surface area (Å²) in [6, 6.07) is 0.773. The molecule has 0 radical (unpaired) electrons. The summed E-state index contributed by atoms with van der Waals surface area (Å²) in [7, 11) is 0. The normalized spacial score (nSPS) is 27.6. The molecule has 0 spiro atoms. The SMILES string of the molecule is CC(C)(O)C1CN(C2CCNCC2)C1. The van der Waals surface area contributed by atoms with E-state index in [1.807, 2.05) is 13.8 Å². The van der Waals surface area contributed by atoms with Crippen molar-refractivity contribution in [3.8, 4) is 0 Å². The third-order valence-corrected chi connectivity index (χ3v) is 3.73. The van der Waals surface area contributed by atoms with E-state index in [0.717, 1.165) is 32.2 Å². The van der Waals surface area contributed by atoms with Gasteiger partial charge in [-0.05, 0) is 39.8 Å². The Labute approximate surface area is 86.5 Å². The molecular weight excluding hydrogens is 176 g/mol. The molecule has 3 nitrogen and oxygen atoms in total. The van der Waals surface area contributed by atoms with E-state index in [-0.39, 0.29) is 0 Å². The van der Waals surface area contributed by atoms with Crippen LogP contribution in [0.1, 0.15) is 26.7 Å². The van der Waals surface area contributed by atoms with Gasteiger partial charge in [0.15, 0.2) is 0 Å². The van der Waals surface area contributed by atoms with E-state index < -0.39 is 5.60 Å². The number of nitrogens with one attached hydrogen (secondary N) is 1. The van der Waals surface area contributed by atoms with Gasteiger partial charge in [0, 0.05) is 25.0 Å². The van der Waals surface area contributed by atoms with E-state index in [0.29, 0.717) is 5.92 Å². The molecule has 82 valence electrons. The number of likely N-dealkylation sites (tertiary alicyclic amines) is 1. The van der Waals surface area contributed by atoms with Crippen LogP contribution in [0.4, 0.5) is 0 Å². The number of aliphatic hydroxyl groups is 1. The fourth-order valence-corrected chi connectivity index (χ4v) is 2.43. The molecule has 2 aliphatic rings. The topological polar surface area (TPSA) is 35.5 Å². The molecular formula is C11H22N2O. The van der Waals surface area contributed by atoms with Gasteiger partial charge in [0.25, 0.3) is 0 Å². The summed E-state index contributed by atoms with van der Waals surface area (Å²) in [5.74, 6) is 0.484. The Morgan fingerprint density at radius 3 is 2.29 bits per heavy atom. The molecule has 0 bridgehead atoms. The molecule has 0 aromatic carbocycles. The van der Waals surface area contributed by atoms with Crippen LogP contribution in [-0.2, 0) is 0 Å². The highest BCUT2D eigenvalue weighted by molar-refractivity contribution is 4.94. The second kappa shape index (κ2) is 3.80. The number of hydrogen-bond acceptors (Lipinski definition) is 3. The Hall–Kier alpha value is -0.120. The minimum Gasteiger partial charge on any atom is -0.390 e. The first-order valence-corrected chi connectivity index (χ1v) is 5.74. The van der Waals surface area contributed by atoms with Gasteiger partial charge in [0.1, 0.15) is 0 Å². The van der Waals surface area contributed by atoms with Gasteiger partial charge in [0.05, 0.1) is 5.60 Å². The maximum absolute atomic E-state index is 9.81. The molecule has 2 aliphatic heterocycles. The van der Waals surface area contributed by atoms with Crippen LogP contribution >= 0.6 is 0 Å². The van der Waals surface area contributed by atoms with Crippen molar-refractivity contribution in [1.82, 2.24) is 10.2 Å². The largest absolute Gasteiger partial charge is 0.390 e. The Kier molecular flexibility index (Phi) is 2.82. The van der Waals surface area contributed by atoms with E-state index >= 15 is 0 Å². The zero-order valence-corrected chi connectivity index (χ0v) is 9.29. The van der Waals surface area contributed by atoms with Gasteiger partial charge in [-0.2, -0.15) is 0 Å². The number of rotatable bonds is 2. The molecule has 0 aromatic heterocycles. The lowest BCUT2D eigenvalue weighted by Gasteiger charge is -2.49. The van der Waals surface area contributed by atoms with Crippen molar-refractivity contribution in [1.29, 1.82) is 0 Å². The van der Waals surface area contributed by atoms with Crippen molar-refractivity contribution in [2.45, 2.75) is 38.3 Å². The van der Waals surface area contributed by atoms with Crippen LogP contribution in [0, 0.1) is 5.92 Å². The van der Waals surface area contributed by atoms with Crippen molar-refractivity contribution in [2.24, 2.45) is 5.92 Å². The summed E-state index contributed by atoms with van der Waals surface area (Å²) in [4.78, 5) is 2.53. The van der Waals surface area contributed by atoms with Crippen molar-refractivity contribution in [3.63, 3.8) is 0 Å². The van der Waals surface area contributed by atoms with Gasteiger partial charge in [-0.25, -0.2) is 0 Å². The van der Waals surface area contributed by atoms with Crippen molar-refractivity contribution in [3.05, 3.63) is 0 Å². The average molecular weight is 198 g/mol. The van der Waals surface area contributed by atoms with Crippen LogP contribution < -0.4 is 5.32 Å². The summed E-state index contributed by atoms with van der Waals surface area (Å²) in [6.45, 7) is 8.36. The standard InChI is InChI=1S/C11H22N2O/c1-11(2,14)9-7-13(8-9)10-3-5-12-6-4-10/h9-10,12,14H,3-8H2,1-2H3. The van der Waals surface area contributed by atoms with Gasteiger partial charge < -0.3 is 10.4 Å². The van der Waals surface area contributed by atoms with Crippen molar-refractivity contribution >= 4 is 0 Å². The van der Waals surface area contributed by atoms with Crippen LogP contribution in [0.25, 0.3) is 0 Å². The van der Waals surface area contributed by atoms with Crippen LogP contribution in [0.3, 0.4) is 0 Å². The minimum atomic E-state index is -0.483. The average Bonchev–Trinajstić information content (AvgIpc) is 2.00. The molecule has 0 aliphatic carbocycles. The summed E-state index contributed by atoms with van der Waals surface area (Å²) in [5, 5.41) is 13.2. The number of piperidine rings is 1. The summed E-state index contributed by atoms with van der Waals surface area (Å²) < 4.78 is 0. The molecule has 2 saturated heterocycles. The molecule has 3 heteroatoms. The third-order valence-electron chi connectivity index (χ3n) is 3.73. The highest BCUT2D eigenvalue weighted by atomic mass is 16.3. The van der Waals surface area contributed by atoms with Crippen LogP contribution in [0.2, 0.25) is 0 Å². The predicted molar refractivity (Wildman–Crippen MR) is 57.3 cm³/mol. The zero-order valence-electron chi connectivity index (χ0n) is 9.29. The molecule has 2 N–H and O–H groups in total. The first-order valence-electron chi connectivity index (χ1n) is 5.74. The predicted octanol–water partition coefficient (Wildman–Crippen LogP) is 0.441. The van der Waals surface area contributed by atoms with Gasteiger partial charge in [0.2, 0.25) is 0 Å². The second-order valence-electron chi connectivity index (χ2n) is 5.29. The monoisotopic (exact) mass is 198 g/mol. The minimum absolute atomic E-state index is 0.483. The van der Waals surface area contributed by atoms with Gasteiger partial charge in [-0.1, -0.05) is 0 Å². The number of nitrogens with zero attached hydrogens (tertiary/aromatic N) is 1. The molecule has 2 rings (SSSR count). The smallest absolute Gasteiger partial charge is 0.0644 e. The molecule has 2 fully saturated rings. The third kappa shape index (κ3) is 2.10. The first-order chi connectivity index (χ1) is 6.57. The lowest BCUT2D eigenvalue weighted by Crippen LogP contribution is -2.60. The van der Waals surface area contributed by atoms with Crippen LogP contribution in [0.5, 0.6) is 0 Å². The fourth-order valence-electron chi connectivity index (χ4n) is 2.43. The summed E-state index contributed by atoms with van der Waals surface area (Å²) >= 11 is 0. The maximum Gasteiger partial charge on any atom is 0.0644 e. The van der Waals surface area contributed by atoms with Crippen LogP contribution in [-0.4, -0.2) is 47.8 Å². The van der Waals surface area contributed by atoms with Gasteiger partial charge in [-0.3, -0.25) is 4.90 Å². The van der Waals surface area contributed by atoms with E-state index in [2.05, 4.69) is 10.2 Å². The molecule has 0 aromatic rings. The Balaban J connectivity index is 1.76. The summed E-state index contributed by atoms with van der Waals surface area (Å²) in [5.41, 5.74) is -0.483. The zero-order chi connectivity index (χ0) is 10.2. The second-order valence-corrected chi connectivity index (χ2v) is 5.29. The molecule has 0 unspecified atom stereocenters. The van der Waals surface area contributed by atoms with E-state index in [1.54, 1.807) is 0 Å². The molecule has 0 amide bonds. The van der Waals surface area contributed by atoms with Crippen LogP contribution in [0.15, 0.2) is 0 Å². The lowest BCUT2D eigenvalue weighted by molar-refractivity contribution is -0.0802. The quantitative estimate of drug-likeness (QED) is 0.676. The van der Waals surface area contributed by atoms with E-state index in [9.17, 15) is 5.11 Å². The molecule has 14 heavy (non-hydrogen) atoms. The Morgan fingerprint density at radius 1 is 1.21 bits per heavy atom. The van der Waals surface area contributed by atoms with Gasteiger partial charge >= 0.3 is 0 Å². The summed E-state index contributed by atoms with van der Waals surface area (Å²) in [6.07, 6.45) is 2.55. The van der Waals surface area contributed by atoms with Crippen molar-refractivity contribution < 1.29 is 5.11 Å². The lowest BCUT2D eigenvalue weighted by atomic mass is 9.82. The van der Waals surface area contributed by atoms with E-state index in [4.69, 9.17) is 0 Å². The first kappa shape index (κ1) is 10.4. The highest BCUT2D eigenvalue weighted by Gasteiger charge is 2.40.